The molecule has 31 heavy (non-hydrogen) atoms. The maximum absolute atomic E-state index is 11.8. The number of primary sulfonamides is 1. The van der Waals surface area contributed by atoms with E-state index >= 15 is 0 Å². The Morgan fingerprint density at radius 2 is 1.00 bits per heavy atom. The lowest BCUT2D eigenvalue weighted by atomic mass is 10.1. The number of nitrogens with zero attached hydrogens (tertiary/aromatic N) is 2. The summed E-state index contributed by atoms with van der Waals surface area (Å²) >= 11 is 5.51. The highest BCUT2D eigenvalue weighted by Gasteiger charge is 2.35. The highest BCUT2D eigenvalue weighted by molar-refractivity contribution is 7.89. The van der Waals surface area contributed by atoms with Crippen molar-refractivity contribution in [3.8, 4) is 0 Å². The largest absolute Gasteiger partial charge is 0.273 e. The second-order valence-electron chi connectivity index (χ2n) is 6.67. The molecular formula is C20H18ClN3O6S. The van der Waals surface area contributed by atoms with Gasteiger partial charge < -0.3 is 0 Å². The summed E-state index contributed by atoms with van der Waals surface area (Å²) < 4.78 is 21.6. The quantitative estimate of drug-likeness (QED) is 0.521. The molecule has 0 saturated carbocycles. The van der Waals surface area contributed by atoms with E-state index in [9.17, 15) is 27.6 Å². The van der Waals surface area contributed by atoms with E-state index < -0.39 is 27.6 Å². The molecule has 0 radical (unpaired) electrons. The molecule has 9 nitrogen and oxygen atoms in total. The second-order valence-corrected chi connectivity index (χ2v) is 8.78. The van der Waals surface area contributed by atoms with E-state index in [-0.39, 0.29) is 30.8 Å². The molecule has 0 atom stereocenters. The van der Waals surface area contributed by atoms with Crippen LogP contribution in [0.2, 0.25) is 0 Å². The van der Waals surface area contributed by atoms with Gasteiger partial charge in [-0.3, -0.25) is 29.0 Å². The summed E-state index contributed by atoms with van der Waals surface area (Å²) in [5.74, 6) is -1.61. The molecule has 0 spiro atoms. The molecule has 2 aliphatic rings. The molecule has 2 aromatic rings. The monoisotopic (exact) mass is 463 g/mol. The van der Waals surface area contributed by atoms with Gasteiger partial charge in [0, 0.05) is 19.0 Å². The van der Waals surface area contributed by atoms with Gasteiger partial charge in [0.1, 0.15) is 0 Å². The van der Waals surface area contributed by atoms with E-state index in [1.54, 1.807) is 36.4 Å². The summed E-state index contributed by atoms with van der Waals surface area (Å²) in [5.41, 5.74) is 1.55. The molecule has 2 aliphatic heterocycles. The van der Waals surface area contributed by atoms with Crippen LogP contribution in [0.5, 0.6) is 0 Å². The number of carbonyl (C=O) groups excluding carboxylic acids is 4. The van der Waals surface area contributed by atoms with Gasteiger partial charge in [-0.25, -0.2) is 13.6 Å². The zero-order valence-electron chi connectivity index (χ0n) is 16.2. The van der Waals surface area contributed by atoms with E-state index in [2.05, 4.69) is 0 Å². The lowest BCUT2D eigenvalue weighted by molar-refractivity contribution is 0.0648. The van der Waals surface area contributed by atoms with Crippen LogP contribution in [0.1, 0.15) is 41.4 Å². The molecule has 0 aliphatic carbocycles. The topological polar surface area (TPSA) is 135 Å². The van der Waals surface area contributed by atoms with Crippen LogP contribution in [-0.4, -0.2) is 66.6 Å². The number of sulfonamides is 1. The number of carbonyl (C=O) groups is 4. The maximum atomic E-state index is 11.8. The number of hydrogen-bond acceptors (Lipinski definition) is 6. The zero-order valence-corrected chi connectivity index (χ0v) is 17.7. The summed E-state index contributed by atoms with van der Waals surface area (Å²) in [7, 11) is -3.69. The smallest absolute Gasteiger partial charge is 0.261 e. The molecule has 2 N–H and O–H groups in total. The average molecular weight is 464 g/mol. The third kappa shape index (κ3) is 4.66. The van der Waals surface area contributed by atoms with Crippen LogP contribution in [0.4, 0.5) is 0 Å². The summed E-state index contributed by atoms with van der Waals surface area (Å²) in [6.45, 7) is 0.0546. The predicted molar refractivity (Wildman–Crippen MR) is 112 cm³/mol. The number of rotatable bonds is 5. The van der Waals surface area contributed by atoms with Crippen LogP contribution in [-0.2, 0) is 10.0 Å². The Morgan fingerprint density at radius 3 is 1.29 bits per heavy atom. The molecule has 0 aromatic heterocycles. The molecule has 2 aromatic carbocycles. The van der Waals surface area contributed by atoms with Gasteiger partial charge in [-0.05, 0) is 24.3 Å². The predicted octanol–water partition coefficient (Wildman–Crippen LogP) is 1.09. The highest BCUT2D eigenvalue weighted by atomic mass is 35.5. The van der Waals surface area contributed by atoms with Crippen molar-refractivity contribution >= 4 is 45.3 Å². The Bertz CT molecular complexity index is 1110. The van der Waals surface area contributed by atoms with Gasteiger partial charge in [-0.15, -0.1) is 11.6 Å². The number of benzene rings is 2. The summed E-state index contributed by atoms with van der Waals surface area (Å²) in [6.07, 6.45) is 0. The van der Waals surface area contributed by atoms with Gasteiger partial charge in [0.2, 0.25) is 10.0 Å². The van der Waals surface area contributed by atoms with E-state index in [0.29, 0.717) is 22.3 Å². The Labute approximate surface area is 183 Å². The first-order valence-corrected chi connectivity index (χ1v) is 11.4. The Kier molecular flexibility index (Phi) is 6.54. The van der Waals surface area contributed by atoms with Crippen molar-refractivity contribution in [1.29, 1.82) is 0 Å². The highest BCUT2D eigenvalue weighted by Crippen LogP contribution is 2.22. The van der Waals surface area contributed by atoms with Gasteiger partial charge in [-0.1, -0.05) is 24.3 Å². The van der Waals surface area contributed by atoms with Crippen molar-refractivity contribution in [1.82, 2.24) is 9.80 Å². The van der Waals surface area contributed by atoms with Crippen LogP contribution < -0.4 is 5.14 Å². The van der Waals surface area contributed by atoms with Crippen molar-refractivity contribution in [3.63, 3.8) is 0 Å². The number of halogens is 1. The third-order valence-electron chi connectivity index (χ3n) is 4.66. The molecular weight excluding hydrogens is 446 g/mol. The van der Waals surface area contributed by atoms with Crippen molar-refractivity contribution in [2.24, 2.45) is 5.14 Å². The number of hydrogen-bond donors (Lipinski definition) is 1. The fourth-order valence-corrected chi connectivity index (χ4v) is 3.79. The number of amides is 4. The van der Waals surface area contributed by atoms with Crippen LogP contribution in [0, 0.1) is 0 Å². The first-order chi connectivity index (χ1) is 14.7. The van der Waals surface area contributed by atoms with Crippen molar-refractivity contribution in [3.05, 3.63) is 70.8 Å². The van der Waals surface area contributed by atoms with E-state index in [0.717, 1.165) is 4.90 Å². The average Bonchev–Trinajstić information content (AvgIpc) is 3.13. The lowest BCUT2D eigenvalue weighted by Crippen LogP contribution is -2.35. The van der Waals surface area contributed by atoms with Gasteiger partial charge in [0.25, 0.3) is 23.6 Å². The number of alkyl halides is 1. The first-order valence-electron chi connectivity index (χ1n) is 9.12. The lowest BCUT2D eigenvalue weighted by Gasteiger charge is -2.12. The fourth-order valence-electron chi connectivity index (χ4n) is 3.19. The fraction of sp³-hybridized carbons (Fsp3) is 0.200. The van der Waals surface area contributed by atoms with Crippen LogP contribution in [0.25, 0.3) is 0 Å². The maximum Gasteiger partial charge on any atom is 0.261 e. The standard InChI is InChI=1S/C10H8ClNO2.C10H10N2O4S/c11-5-6-12-9(13)7-3-1-2-4-8(7)10(12)14;11-17(15,16)6-5-12-9(13)7-3-1-2-4-8(7)10(12)14/h1-4H,5-6H2;1-4H,5-6H2,(H2,11,15,16). The Balaban J connectivity index is 0.000000179. The molecule has 0 bridgehead atoms. The summed E-state index contributed by atoms with van der Waals surface area (Å²) in [5, 5.41) is 4.83. The molecule has 4 amide bonds. The van der Waals surface area contributed by atoms with Crippen molar-refractivity contribution in [2.45, 2.75) is 0 Å². The summed E-state index contributed by atoms with van der Waals surface area (Å²) in [6, 6.07) is 13.2. The molecule has 2 heterocycles. The Morgan fingerprint density at radius 1 is 0.677 bits per heavy atom. The molecule has 0 fully saturated rings. The first kappa shape index (κ1) is 22.6. The Hall–Kier alpha value is -3.08. The van der Waals surface area contributed by atoms with Crippen LogP contribution >= 0.6 is 11.6 Å². The number of imide groups is 2. The molecule has 0 unspecified atom stereocenters. The van der Waals surface area contributed by atoms with Gasteiger partial charge in [-0.2, -0.15) is 0 Å². The van der Waals surface area contributed by atoms with Crippen LogP contribution in [0.15, 0.2) is 48.5 Å². The SMILES string of the molecule is NS(=O)(=O)CCN1C(=O)c2ccccc2C1=O.O=C1c2ccccc2C(=O)N1CCCl. The van der Waals surface area contributed by atoms with E-state index in [1.165, 1.54) is 17.0 Å². The van der Waals surface area contributed by atoms with Gasteiger partial charge >= 0.3 is 0 Å². The van der Waals surface area contributed by atoms with Gasteiger partial charge in [0.05, 0.1) is 28.0 Å². The molecule has 0 saturated heterocycles. The molecule has 162 valence electrons. The minimum atomic E-state index is -3.69. The minimum Gasteiger partial charge on any atom is -0.273 e. The van der Waals surface area contributed by atoms with E-state index in [1.807, 2.05) is 0 Å². The van der Waals surface area contributed by atoms with Crippen molar-refractivity contribution < 1.29 is 27.6 Å². The van der Waals surface area contributed by atoms with Crippen molar-refractivity contribution in [2.75, 3.05) is 24.7 Å². The zero-order chi connectivity index (χ0) is 22.8. The number of fused-ring (bicyclic) bond motifs is 2. The molecule has 11 heteroatoms. The minimum absolute atomic E-state index is 0.217. The number of nitrogens with two attached hydrogens (primary N) is 1. The van der Waals surface area contributed by atoms with E-state index in [4.69, 9.17) is 16.7 Å². The van der Waals surface area contributed by atoms with Gasteiger partial charge in [0.15, 0.2) is 0 Å². The second kappa shape index (κ2) is 8.96. The molecule has 4 rings (SSSR count). The third-order valence-corrected chi connectivity index (χ3v) is 5.58. The van der Waals surface area contributed by atoms with Crippen LogP contribution in [0.3, 0.4) is 0 Å². The normalized spacial score (nSPS) is 15.0. The summed E-state index contributed by atoms with van der Waals surface area (Å²) in [4.78, 5) is 49.0.